The van der Waals surface area contributed by atoms with Crippen molar-refractivity contribution in [2.24, 2.45) is 0 Å². The number of methoxy groups -OCH3 is 1. The van der Waals surface area contributed by atoms with Gasteiger partial charge in [0.05, 0.1) is 12.6 Å². The van der Waals surface area contributed by atoms with Crippen molar-refractivity contribution in [2.45, 2.75) is 57.3 Å². The minimum Gasteiger partial charge on any atom is -0.508 e. The molecule has 0 radical (unpaired) electrons. The lowest BCUT2D eigenvalue weighted by molar-refractivity contribution is -0.142. The molecule has 5 rings (SSSR count). The maximum absolute atomic E-state index is 14.0. The van der Waals surface area contributed by atoms with Crippen LogP contribution in [0.3, 0.4) is 0 Å². The van der Waals surface area contributed by atoms with Gasteiger partial charge >= 0.3 is 0 Å². The molecule has 0 spiro atoms. The minimum absolute atomic E-state index is 0.0723. The number of hydrogen-bond donors (Lipinski definition) is 2. The van der Waals surface area contributed by atoms with Gasteiger partial charge in [0.25, 0.3) is 0 Å². The average molecular weight is 528 g/mol. The monoisotopic (exact) mass is 527 g/mol. The van der Waals surface area contributed by atoms with Gasteiger partial charge in [-0.15, -0.1) is 5.10 Å². The molecule has 202 valence electrons. The van der Waals surface area contributed by atoms with E-state index in [4.69, 9.17) is 4.74 Å². The summed E-state index contributed by atoms with van der Waals surface area (Å²) in [5, 5.41) is 21.5. The highest BCUT2D eigenvalue weighted by atomic mass is 16.5. The van der Waals surface area contributed by atoms with E-state index in [0.29, 0.717) is 16.8 Å². The van der Waals surface area contributed by atoms with Gasteiger partial charge in [0.1, 0.15) is 29.6 Å². The molecule has 1 heterocycles. The third-order valence-corrected chi connectivity index (χ3v) is 7.26. The molecule has 2 amide bonds. The van der Waals surface area contributed by atoms with Crippen molar-refractivity contribution >= 4 is 22.8 Å². The molecular weight excluding hydrogens is 494 g/mol. The maximum Gasteiger partial charge on any atom is 0.247 e. The summed E-state index contributed by atoms with van der Waals surface area (Å²) in [6.07, 6.45) is 5.16. The number of phenols is 1. The third-order valence-electron chi connectivity index (χ3n) is 7.26. The largest absolute Gasteiger partial charge is 0.508 e. The van der Waals surface area contributed by atoms with Gasteiger partial charge in [-0.1, -0.05) is 60.9 Å². The number of amides is 2. The van der Waals surface area contributed by atoms with Crippen LogP contribution in [0.2, 0.25) is 0 Å². The molecule has 1 atom stereocenters. The molecule has 0 saturated heterocycles. The lowest BCUT2D eigenvalue weighted by atomic mass is 9.94. The summed E-state index contributed by atoms with van der Waals surface area (Å²) in [6, 6.07) is 20.5. The number of nitrogens with one attached hydrogen (secondary N) is 1. The molecule has 9 heteroatoms. The van der Waals surface area contributed by atoms with Crippen molar-refractivity contribution in [1.82, 2.24) is 25.2 Å². The number of para-hydroxylation sites is 1. The summed E-state index contributed by atoms with van der Waals surface area (Å²) >= 11 is 0. The van der Waals surface area contributed by atoms with Crippen LogP contribution in [-0.4, -0.2) is 50.0 Å². The fourth-order valence-corrected chi connectivity index (χ4v) is 5.16. The number of aromatic nitrogens is 3. The first kappa shape index (κ1) is 26.2. The number of benzene rings is 3. The number of rotatable bonds is 9. The molecule has 4 aromatic rings. The summed E-state index contributed by atoms with van der Waals surface area (Å²) in [5.74, 6) is 0.277. The van der Waals surface area contributed by atoms with E-state index >= 15 is 0 Å². The number of aromatic hydroxyl groups is 1. The minimum atomic E-state index is -0.906. The van der Waals surface area contributed by atoms with E-state index in [0.717, 1.165) is 36.8 Å². The zero-order valence-electron chi connectivity index (χ0n) is 22.0. The molecule has 1 aliphatic rings. The van der Waals surface area contributed by atoms with E-state index in [1.165, 1.54) is 18.6 Å². The van der Waals surface area contributed by atoms with Crippen LogP contribution in [0.4, 0.5) is 0 Å². The first-order chi connectivity index (χ1) is 19.0. The van der Waals surface area contributed by atoms with Crippen LogP contribution in [-0.2, 0) is 22.7 Å². The Morgan fingerprint density at radius 3 is 2.46 bits per heavy atom. The number of nitrogens with zero attached hydrogens (tertiary/aromatic N) is 4. The summed E-state index contributed by atoms with van der Waals surface area (Å²) < 4.78 is 6.86. The van der Waals surface area contributed by atoms with Gasteiger partial charge in [-0.05, 0) is 60.4 Å². The van der Waals surface area contributed by atoms with E-state index in [-0.39, 0.29) is 36.7 Å². The van der Waals surface area contributed by atoms with Gasteiger partial charge < -0.3 is 20.1 Å². The highest BCUT2D eigenvalue weighted by Gasteiger charge is 2.33. The number of hydrogen-bond acceptors (Lipinski definition) is 6. The predicted octanol–water partition coefficient (Wildman–Crippen LogP) is 4.36. The number of phenolic OH excluding ortho intramolecular Hbond substituents is 1. The van der Waals surface area contributed by atoms with Gasteiger partial charge in [-0.3, -0.25) is 9.59 Å². The van der Waals surface area contributed by atoms with Crippen molar-refractivity contribution in [3.8, 4) is 11.5 Å². The van der Waals surface area contributed by atoms with Crippen LogP contribution < -0.4 is 10.1 Å². The molecule has 1 aromatic heterocycles. The predicted molar refractivity (Wildman–Crippen MR) is 147 cm³/mol. The van der Waals surface area contributed by atoms with Crippen LogP contribution in [0.1, 0.15) is 49.3 Å². The Labute approximate surface area is 227 Å². The Morgan fingerprint density at radius 1 is 1.03 bits per heavy atom. The normalized spacial score (nSPS) is 14.6. The van der Waals surface area contributed by atoms with Gasteiger partial charge in [-0.2, -0.15) is 0 Å². The number of fused-ring (bicyclic) bond motifs is 1. The first-order valence-corrected chi connectivity index (χ1v) is 13.3. The molecule has 9 nitrogen and oxygen atoms in total. The fourth-order valence-electron chi connectivity index (χ4n) is 5.16. The molecule has 1 aliphatic carbocycles. The molecule has 0 bridgehead atoms. The Kier molecular flexibility index (Phi) is 8.05. The second-order valence-electron chi connectivity index (χ2n) is 9.94. The summed E-state index contributed by atoms with van der Waals surface area (Å²) in [5.41, 5.74) is 2.90. The lowest BCUT2D eigenvalue weighted by Gasteiger charge is -2.33. The number of carbonyl (C=O) groups excluding carboxylic acids is 2. The zero-order valence-corrected chi connectivity index (χ0v) is 22.0. The Morgan fingerprint density at radius 2 is 1.74 bits per heavy atom. The van der Waals surface area contributed by atoms with Gasteiger partial charge in [0.15, 0.2) is 0 Å². The highest BCUT2D eigenvalue weighted by molar-refractivity contribution is 5.89. The van der Waals surface area contributed by atoms with Crippen molar-refractivity contribution in [3.63, 3.8) is 0 Å². The molecular formula is C30H33N5O4. The molecule has 2 N–H and O–H groups in total. The van der Waals surface area contributed by atoms with Gasteiger partial charge in [0.2, 0.25) is 11.8 Å². The lowest BCUT2D eigenvalue weighted by Crippen LogP contribution is -2.47. The van der Waals surface area contributed by atoms with E-state index in [9.17, 15) is 14.7 Å². The van der Waals surface area contributed by atoms with Crippen molar-refractivity contribution < 1.29 is 19.4 Å². The molecule has 1 fully saturated rings. The van der Waals surface area contributed by atoms with Crippen molar-refractivity contribution in [2.75, 3.05) is 7.11 Å². The molecule has 0 aliphatic heterocycles. The third kappa shape index (κ3) is 6.19. The summed E-state index contributed by atoms with van der Waals surface area (Å²) in [6.45, 7) is 0.112. The Bertz CT molecular complexity index is 1410. The molecule has 0 unspecified atom stereocenters. The van der Waals surface area contributed by atoms with Crippen molar-refractivity contribution in [3.05, 3.63) is 83.9 Å². The first-order valence-electron chi connectivity index (χ1n) is 13.3. The standard InChI is InChI=1S/C30H33N5O4/c1-39-25-17-11-21(12-18-25)19-34(28(37)20-35-27-10-6-5-9-26(27)32-33-35)29(22-13-15-24(36)16-14-22)30(38)31-23-7-3-2-4-8-23/h5-6,9-18,23,29,36H,2-4,7-8,19-20H2,1H3,(H,31,38)/t29-/m0/s1. The smallest absolute Gasteiger partial charge is 0.247 e. The van der Waals surface area contributed by atoms with Gasteiger partial charge in [0, 0.05) is 12.6 Å². The van der Waals surface area contributed by atoms with E-state index in [1.54, 1.807) is 28.8 Å². The number of ether oxygens (including phenoxy) is 1. The quantitative estimate of drug-likeness (QED) is 0.335. The maximum atomic E-state index is 14.0. The Balaban J connectivity index is 1.51. The topological polar surface area (TPSA) is 110 Å². The summed E-state index contributed by atoms with van der Waals surface area (Å²) in [7, 11) is 1.60. The molecule has 3 aromatic carbocycles. The highest BCUT2D eigenvalue weighted by Crippen LogP contribution is 2.28. The van der Waals surface area contributed by atoms with Crippen LogP contribution in [0, 0.1) is 0 Å². The average Bonchev–Trinajstić information content (AvgIpc) is 3.37. The number of carbonyl (C=O) groups is 2. The zero-order chi connectivity index (χ0) is 27.2. The second kappa shape index (κ2) is 12.0. The molecule has 1 saturated carbocycles. The Hall–Kier alpha value is -4.40. The van der Waals surface area contributed by atoms with E-state index < -0.39 is 6.04 Å². The summed E-state index contributed by atoms with van der Waals surface area (Å²) in [4.78, 5) is 29.6. The fraction of sp³-hybridized carbons (Fsp3) is 0.333. The molecule has 39 heavy (non-hydrogen) atoms. The van der Waals surface area contributed by atoms with Gasteiger partial charge in [-0.25, -0.2) is 4.68 Å². The van der Waals surface area contributed by atoms with Crippen LogP contribution >= 0.6 is 0 Å². The van der Waals surface area contributed by atoms with Crippen LogP contribution in [0.25, 0.3) is 11.0 Å². The van der Waals surface area contributed by atoms with E-state index in [1.807, 2.05) is 48.5 Å². The van der Waals surface area contributed by atoms with Crippen molar-refractivity contribution in [1.29, 1.82) is 0 Å². The van der Waals surface area contributed by atoms with Crippen LogP contribution in [0.15, 0.2) is 72.8 Å². The van der Waals surface area contributed by atoms with E-state index in [2.05, 4.69) is 15.6 Å². The second-order valence-corrected chi connectivity index (χ2v) is 9.94. The SMILES string of the molecule is COc1ccc(CN(C(=O)Cn2nnc3ccccc32)[C@H](C(=O)NC2CCCCC2)c2ccc(O)cc2)cc1. The van der Waals surface area contributed by atoms with Crippen LogP contribution in [0.5, 0.6) is 11.5 Å².